The van der Waals surface area contributed by atoms with Crippen molar-refractivity contribution < 1.29 is 18.0 Å². The van der Waals surface area contributed by atoms with Crippen LogP contribution >= 0.6 is 0 Å². The zero-order chi connectivity index (χ0) is 16.9. The van der Waals surface area contributed by atoms with Crippen molar-refractivity contribution in [3.8, 4) is 17.3 Å². The van der Waals surface area contributed by atoms with E-state index in [1.807, 2.05) is 6.07 Å². The first kappa shape index (κ1) is 16.8. The normalized spacial score (nSPS) is 16.7. The van der Waals surface area contributed by atoms with Crippen molar-refractivity contribution in [3.63, 3.8) is 0 Å². The maximum absolute atomic E-state index is 12.4. The molecule has 0 spiro atoms. The number of ether oxygens (including phenoxy) is 1. The number of methoxy groups -OCH3 is 1. The first-order valence-corrected chi connectivity index (χ1v) is 7.98. The van der Waals surface area contributed by atoms with E-state index in [-0.39, 0.29) is 6.54 Å². The third-order valence-electron chi connectivity index (χ3n) is 4.24. The van der Waals surface area contributed by atoms with E-state index in [1.165, 1.54) is 0 Å². The lowest BCUT2D eigenvalue weighted by atomic mass is 9.93. The summed E-state index contributed by atoms with van der Waals surface area (Å²) in [4.78, 5) is 10.3. The lowest BCUT2D eigenvalue weighted by molar-refractivity contribution is 0.0681. The number of hydrogen-bond acceptors (Lipinski definition) is 6. The molecular formula is C16H20F2N4O2. The summed E-state index contributed by atoms with van der Waals surface area (Å²) in [7, 11) is 1.54. The van der Waals surface area contributed by atoms with Crippen molar-refractivity contribution in [1.82, 2.24) is 20.0 Å². The molecule has 24 heavy (non-hydrogen) atoms. The summed E-state index contributed by atoms with van der Waals surface area (Å²) in [5, 5.41) is 4.00. The molecule has 2 aromatic heterocycles. The van der Waals surface area contributed by atoms with Crippen LogP contribution in [0.2, 0.25) is 0 Å². The zero-order valence-electron chi connectivity index (χ0n) is 13.5. The second-order valence-electron chi connectivity index (χ2n) is 5.91. The van der Waals surface area contributed by atoms with Crippen molar-refractivity contribution in [1.29, 1.82) is 0 Å². The van der Waals surface area contributed by atoms with E-state index < -0.39 is 6.43 Å². The van der Waals surface area contributed by atoms with Gasteiger partial charge < -0.3 is 9.26 Å². The lowest BCUT2D eigenvalue weighted by Crippen LogP contribution is -2.37. The van der Waals surface area contributed by atoms with Gasteiger partial charge in [0.25, 0.3) is 6.43 Å². The molecular weight excluding hydrogens is 318 g/mol. The predicted octanol–water partition coefficient (Wildman–Crippen LogP) is 2.66. The molecule has 1 aliphatic heterocycles. The van der Waals surface area contributed by atoms with Gasteiger partial charge in [-0.15, -0.1) is 0 Å². The van der Waals surface area contributed by atoms with Crippen LogP contribution in [0.1, 0.15) is 18.7 Å². The Balaban J connectivity index is 1.59. The number of alkyl halides is 2. The van der Waals surface area contributed by atoms with Crippen molar-refractivity contribution >= 4 is 0 Å². The minimum Gasteiger partial charge on any atom is -0.480 e. The number of halogens is 2. The molecule has 130 valence electrons. The van der Waals surface area contributed by atoms with Crippen LogP contribution in [-0.2, 0) is 6.42 Å². The summed E-state index contributed by atoms with van der Waals surface area (Å²) in [5.41, 5.74) is 0.682. The van der Waals surface area contributed by atoms with Crippen LogP contribution in [0.15, 0.2) is 22.9 Å². The number of aromatic nitrogens is 3. The molecule has 6 nitrogen and oxygen atoms in total. The Morgan fingerprint density at radius 3 is 2.88 bits per heavy atom. The summed E-state index contributed by atoms with van der Waals surface area (Å²) in [6.45, 7) is 1.23. The van der Waals surface area contributed by atoms with Crippen LogP contribution in [0.4, 0.5) is 8.78 Å². The summed E-state index contributed by atoms with van der Waals surface area (Å²) in [6.07, 6.45) is 1.75. The monoisotopic (exact) mass is 338 g/mol. The summed E-state index contributed by atoms with van der Waals surface area (Å²) in [6, 6.07) is 3.61. The lowest BCUT2D eigenvalue weighted by Gasteiger charge is -2.30. The van der Waals surface area contributed by atoms with E-state index in [2.05, 4.69) is 15.1 Å². The molecule has 0 bridgehead atoms. The summed E-state index contributed by atoms with van der Waals surface area (Å²) < 4.78 is 35.3. The van der Waals surface area contributed by atoms with E-state index in [9.17, 15) is 8.78 Å². The number of hydrogen-bond donors (Lipinski definition) is 0. The van der Waals surface area contributed by atoms with E-state index in [1.54, 1.807) is 24.3 Å². The maximum Gasteiger partial charge on any atom is 0.251 e. The van der Waals surface area contributed by atoms with Crippen LogP contribution in [0.5, 0.6) is 5.88 Å². The van der Waals surface area contributed by atoms with Crippen molar-refractivity contribution in [2.24, 2.45) is 5.92 Å². The predicted molar refractivity (Wildman–Crippen MR) is 83.0 cm³/mol. The molecule has 0 aromatic carbocycles. The van der Waals surface area contributed by atoms with Crippen molar-refractivity contribution in [2.45, 2.75) is 25.7 Å². The van der Waals surface area contributed by atoms with E-state index in [0.29, 0.717) is 48.6 Å². The Bertz CT molecular complexity index is 657. The number of rotatable bonds is 6. The van der Waals surface area contributed by atoms with E-state index >= 15 is 0 Å². The standard InChI is InChI=1S/C16H20F2N4O2/c1-23-16-12(3-2-6-19-16)15-20-14(24-21-15)9-11-4-7-22(8-5-11)10-13(17)18/h2-3,6,11,13H,4-5,7-10H2,1H3. The molecule has 2 aromatic rings. The molecule has 0 N–H and O–H groups in total. The second kappa shape index (κ2) is 7.65. The number of nitrogens with zero attached hydrogens (tertiary/aromatic N) is 4. The van der Waals surface area contributed by atoms with Gasteiger partial charge in [-0.1, -0.05) is 5.16 Å². The smallest absolute Gasteiger partial charge is 0.251 e. The maximum atomic E-state index is 12.4. The van der Waals surface area contributed by atoms with Crippen LogP contribution in [0.3, 0.4) is 0 Å². The third-order valence-corrected chi connectivity index (χ3v) is 4.24. The SMILES string of the molecule is COc1ncccc1-c1noc(CC2CCN(CC(F)F)CC2)n1. The fraction of sp³-hybridized carbons (Fsp3) is 0.562. The van der Waals surface area contributed by atoms with Crippen LogP contribution in [0.25, 0.3) is 11.4 Å². The van der Waals surface area contributed by atoms with Gasteiger partial charge in [0.2, 0.25) is 17.6 Å². The largest absolute Gasteiger partial charge is 0.480 e. The molecule has 8 heteroatoms. The van der Waals surface area contributed by atoms with Gasteiger partial charge in [-0.05, 0) is 44.0 Å². The average molecular weight is 338 g/mol. The molecule has 0 aliphatic carbocycles. The Hall–Kier alpha value is -2.09. The van der Waals surface area contributed by atoms with Gasteiger partial charge in [0.1, 0.15) is 0 Å². The van der Waals surface area contributed by atoms with Gasteiger partial charge in [-0.2, -0.15) is 4.98 Å². The quantitative estimate of drug-likeness (QED) is 0.807. The topological polar surface area (TPSA) is 64.3 Å². The van der Waals surface area contributed by atoms with E-state index in [0.717, 1.165) is 12.8 Å². The Morgan fingerprint density at radius 2 is 2.17 bits per heavy atom. The van der Waals surface area contributed by atoms with Crippen molar-refractivity contribution in [2.75, 3.05) is 26.7 Å². The molecule has 3 heterocycles. The molecule has 3 rings (SSSR count). The Morgan fingerprint density at radius 1 is 1.38 bits per heavy atom. The average Bonchev–Trinajstić information content (AvgIpc) is 3.04. The molecule has 0 amide bonds. The van der Waals surface area contributed by atoms with Crippen LogP contribution in [0, 0.1) is 5.92 Å². The van der Waals surface area contributed by atoms with Crippen LogP contribution < -0.4 is 4.74 Å². The molecule has 1 saturated heterocycles. The molecule has 0 atom stereocenters. The van der Waals surface area contributed by atoms with Gasteiger partial charge in [0, 0.05) is 12.6 Å². The molecule has 0 unspecified atom stereocenters. The summed E-state index contributed by atoms with van der Waals surface area (Å²) in [5.74, 6) is 1.83. The van der Waals surface area contributed by atoms with E-state index in [4.69, 9.17) is 9.26 Å². The van der Waals surface area contributed by atoms with Gasteiger partial charge in [0.05, 0.1) is 19.2 Å². The van der Waals surface area contributed by atoms with Gasteiger partial charge >= 0.3 is 0 Å². The number of likely N-dealkylation sites (tertiary alicyclic amines) is 1. The molecule has 1 fully saturated rings. The minimum atomic E-state index is -2.27. The number of piperidine rings is 1. The van der Waals surface area contributed by atoms with Gasteiger partial charge in [0.15, 0.2) is 0 Å². The highest BCUT2D eigenvalue weighted by atomic mass is 19.3. The number of pyridine rings is 1. The third kappa shape index (κ3) is 4.05. The zero-order valence-corrected chi connectivity index (χ0v) is 13.5. The molecule has 0 saturated carbocycles. The van der Waals surface area contributed by atoms with Crippen LogP contribution in [-0.4, -0.2) is 53.2 Å². The molecule has 0 radical (unpaired) electrons. The first-order chi connectivity index (χ1) is 11.7. The van der Waals surface area contributed by atoms with Gasteiger partial charge in [-0.3, -0.25) is 4.90 Å². The summed E-state index contributed by atoms with van der Waals surface area (Å²) >= 11 is 0. The highest BCUT2D eigenvalue weighted by Gasteiger charge is 2.23. The highest BCUT2D eigenvalue weighted by Crippen LogP contribution is 2.26. The highest BCUT2D eigenvalue weighted by molar-refractivity contribution is 5.60. The van der Waals surface area contributed by atoms with Crippen molar-refractivity contribution in [3.05, 3.63) is 24.2 Å². The fourth-order valence-electron chi connectivity index (χ4n) is 2.99. The Labute approximate surface area is 138 Å². The second-order valence-corrected chi connectivity index (χ2v) is 5.91. The van der Waals surface area contributed by atoms with Gasteiger partial charge in [-0.25, -0.2) is 13.8 Å². The molecule has 1 aliphatic rings. The fourth-order valence-corrected chi connectivity index (χ4v) is 2.99. The first-order valence-electron chi connectivity index (χ1n) is 7.98. The Kier molecular flexibility index (Phi) is 5.34. The minimum absolute atomic E-state index is 0.141.